The van der Waals surface area contributed by atoms with E-state index < -0.39 is 0 Å². The number of hydrogen-bond donors (Lipinski definition) is 1. The predicted molar refractivity (Wildman–Crippen MR) is 109 cm³/mol. The molecule has 0 aliphatic carbocycles. The minimum Gasteiger partial charge on any atom is -0.347 e. The van der Waals surface area contributed by atoms with Gasteiger partial charge in [-0.1, -0.05) is 12.1 Å². The molecular formula is C19H24N6O2S. The van der Waals surface area contributed by atoms with Gasteiger partial charge in [-0.3, -0.25) is 9.36 Å². The fraction of sp³-hybridized carbons (Fsp3) is 0.474. The summed E-state index contributed by atoms with van der Waals surface area (Å²) in [7, 11) is 3.95. The van der Waals surface area contributed by atoms with Crippen LogP contribution in [0.5, 0.6) is 0 Å². The van der Waals surface area contributed by atoms with Crippen LogP contribution < -0.4 is 11.0 Å². The Balaban J connectivity index is 1.41. The number of aryl methyl sites for hydroxylation is 1. The summed E-state index contributed by atoms with van der Waals surface area (Å²) in [6, 6.07) is 7.75. The highest BCUT2D eigenvalue weighted by atomic mass is 32.1. The average Bonchev–Trinajstić information content (AvgIpc) is 3.17. The Kier molecular flexibility index (Phi) is 5.27. The fourth-order valence-electron chi connectivity index (χ4n) is 3.43. The smallest absolute Gasteiger partial charge is 0.345 e. The van der Waals surface area contributed by atoms with Crippen LogP contribution in [0.3, 0.4) is 0 Å². The molecule has 4 rings (SSSR count). The molecule has 0 saturated heterocycles. The Morgan fingerprint density at radius 2 is 2.14 bits per heavy atom. The molecule has 3 aromatic rings. The number of aromatic nitrogens is 4. The number of carbonyl (C=O) groups is 1. The summed E-state index contributed by atoms with van der Waals surface area (Å²) >= 11 is 1.40. The van der Waals surface area contributed by atoms with Crippen molar-refractivity contribution in [3.63, 3.8) is 0 Å². The lowest BCUT2D eigenvalue weighted by atomic mass is 10.1. The molecule has 0 saturated carbocycles. The van der Waals surface area contributed by atoms with Gasteiger partial charge < -0.3 is 10.2 Å². The van der Waals surface area contributed by atoms with Crippen molar-refractivity contribution in [2.75, 3.05) is 20.6 Å². The molecule has 1 unspecified atom stereocenters. The second-order valence-electron chi connectivity index (χ2n) is 7.36. The van der Waals surface area contributed by atoms with Crippen LogP contribution in [0.1, 0.15) is 28.5 Å². The van der Waals surface area contributed by atoms with Gasteiger partial charge in [0.05, 0.1) is 16.8 Å². The van der Waals surface area contributed by atoms with E-state index in [1.54, 1.807) is 9.25 Å². The SMILES string of the molecule is CN(C)CCn1nc2n(c1=O)CCC(NC(=O)c1nc3ccccc3s1)CC2. The normalized spacial score (nSPS) is 16.9. The minimum atomic E-state index is -0.144. The number of rotatable bonds is 5. The van der Waals surface area contributed by atoms with Gasteiger partial charge in [-0.25, -0.2) is 14.5 Å². The Bertz CT molecular complexity index is 1020. The zero-order valence-electron chi connectivity index (χ0n) is 16.1. The summed E-state index contributed by atoms with van der Waals surface area (Å²) in [5.41, 5.74) is 0.784. The number of hydrogen-bond acceptors (Lipinski definition) is 6. The maximum Gasteiger partial charge on any atom is 0.345 e. The summed E-state index contributed by atoms with van der Waals surface area (Å²) < 4.78 is 4.31. The number of fused-ring (bicyclic) bond motifs is 2. The van der Waals surface area contributed by atoms with Crippen LogP contribution in [0.2, 0.25) is 0 Å². The van der Waals surface area contributed by atoms with E-state index >= 15 is 0 Å². The van der Waals surface area contributed by atoms with Crippen LogP contribution in [0.25, 0.3) is 10.2 Å². The van der Waals surface area contributed by atoms with Crippen molar-refractivity contribution in [1.29, 1.82) is 0 Å². The second-order valence-corrected chi connectivity index (χ2v) is 8.39. The van der Waals surface area contributed by atoms with Crippen LogP contribution >= 0.6 is 11.3 Å². The quantitative estimate of drug-likeness (QED) is 0.699. The molecule has 0 spiro atoms. The third-order valence-electron chi connectivity index (χ3n) is 5.00. The molecule has 2 aromatic heterocycles. The average molecular weight is 401 g/mol. The van der Waals surface area contributed by atoms with Gasteiger partial charge in [-0.05, 0) is 39.1 Å². The van der Waals surface area contributed by atoms with Crippen LogP contribution in [0, 0.1) is 0 Å². The van der Waals surface area contributed by atoms with Crippen LogP contribution in [-0.4, -0.2) is 56.8 Å². The molecule has 28 heavy (non-hydrogen) atoms. The lowest BCUT2D eigenvalue weighted by molar-refractivity contribution is 0.0932. The van der Waals surface area contributed by atoms with Gasteiger partial charge in [0.1, 0.15) is 5.82 Å². The van der Waals surface area contributed by atoms with E-state index in [2.05, 4.69) is 15.4 Å². The highest BCUT2D eigenvalue weighted by Crippen LogP contribution is 2.22. The van der Waals surface area contributed by atoms with E-state index in [1.807, 2.05) is 43.3 Å². The van der Waals surface area contributed by atoms with Crippen molar-refractivity contribution < 1.29 is 4.79 Å². The first-order valence-electron chi connectivity index (χ1n) is 9.49. The van der Waals surface area contributed by atoms with Crippen molar-refractivity contribution in [3.05, 3.63) is 45.6 Å². The van der Waals surface area contributed by atoms with Crippen LogP contribution in [0.15, 0.2) is 29.1 Å². The van der Waals surface area contributed by atoms with Crippen molar-refractivity contribution in [1.82, 2.24) is 29.5 Å². The topological polar surface area (TPSA) is 85.0 Å². The highest BCUT2D eigenvalue weighted by molar-refractivity contribution is 7.20. The van der Waals surface area contributed by atoms with Gasteiger partial charge in [0.25, 0.3) is 5.91 Å². The zero-order chi connectivity index (χ0) is 19.7. The van der Waals surface area contributed by atoms with Crippen LogP contribution in [-0.2, 0) is 19.5 Å². The van der Waals surface area contributed by atoms with Crippen molar-refractivity contribution in [3.8, 4) is 0 Å². The van der Waals surface area contributed by atoms with Crippen LogP contribution in [0.4, 0.5) is 0 Å². The molecule has 1 aromatic carbocycles. The van der Waals surface area contributed by atoms with E-state index in [-0.39, 0.29) is 17.6 Å². The lowest BCUT2D eigenvalue weighted by Crippen LogP contribution is -2.36. The van der Waals surface area contributed by atoms with Gasteiger partial charge in [0.2, 0.25) is 0 Å². The third-order valence-corrected chi connectivity index (χ3v) is 6.03. The largest absolute Gasteiger partial charge is 0.347 e. The summed E-state index contributed by atoms with van der Waals surface area (Å²) in [4.78, 5) is 31.7. The molecule has 1 aliphatic heterocycles. The molecule has 3 heterocycles. The number of nitrogens with zero attached hydrogens (tertiary/aromatic N) is 5. The lowest BCUT2D eigenvalue weighted by Gasteiger charge is -2.15. The van der Waals surface area contributed by atoms with Crippen molar-refractivity contribution >= 4 is 27.5 Å². The van der Waals surface area contributed by atoms with E-state index in [0.717, 1.165) is 29.0 Å². The molecule has 1 aliphatic rings. The van der Waals surface area contributed by atoms with E-state index in [4.69, 9.17) is 0 Å². The van der Waals surface area contributed by atoms with E-state index in [9.17, 15) is 9.59 Å². The minimum absolute atomic E-state index is 0.0100. The molecule has 0 fully saturated rings. The summed E-state index contributed by atoms with van der Waals surface area (Å²) in [5, 5.41) is 8.07. The molecule has 0 radical (unpaired) electrons. The molecular weight excluding hydrogens is 376 g/mol. The van der Waals surface area contributed by atoms with Crippen molar-refractivity contribution in [2.24, 2.45) is 0 Å². The van der Waals surface area contributed by atoms with Gasteiger partial charge in [-0.2, -0.15) is 5.10 Å². The number of amides is 1. The Labute approximate surface area is 166 Å². The number of benzene rings is 1. The molecule has 1 atom stereocenters. The summed E-state index contributed by atoms with van der Waals surface area (Å²) in [6.07, 6.45) is 2.15. The predicted octanol–water partition coefficient (Wildman–Crippen LogP) is 1.35. The Morgan fingerprint density at radius 3 is 2.93 bits per heavy atom. The molecule has 8 nitrogen and oxygen atoms in total. The van der Waals surface area contributed by atoms with E-state index in [1.165, 1.54) is 11.3 Å². The molecule has 9 heteroatoms. The maximum atomic E-state index is 12.6. The molecule has 0 bridgehead atoms. The number of para-hydroxylation sites is 1. The maximum absolute atomic E-state index is 12.6. The standard InChI is InChI=1S/C19H24N6O2S/c1-23(2)11-12-25-19(27)24-10-9-13(7-8-16(24)22-25)20-17(26)18-21-14-5-3-4-6-15(14)28-18/h3-6,13H,7-12H2,1-2H3,(H,20,26). The third kappa shape index (κ3) is 3.85. The Morgan fingerprint density at radius 1 is 1.32 bits per heavy atom. The molecule has 148 valence electrons. The first-order valence-corrected chi connectivity index (χ1v) is 10.3. The van der Waals surface area contributed by atoms with Crippen molar-refractivity contribution in [2.45, 2.75) is 38.4 Å². The summed E-state index contributed by atoms with van der Waals surface area (Å²) in [6.45, 7) is 1.93. The molecule has 1 amide bonds. The fourth-order valence-corrected chi connectivity index (χ4v) is 4.30. The number of likely N-dealkylation sites (N-methyl/N-ethyl adjacent to an activating group) is 1. The van der Waals surface area contributed by atoms with E-state index in [0.29, 0.717) is 30.9 Å². The summed E-state index contributed by atoms with van der Waals surface area (Å²) in [5.74, 6) is 0.662. The first kappa shape index (κ1) is 18.8. The number of thiazole rings is 1. The van der Waals surface area contributed by atoms with Gasteiger partial charge in [0, 0.05) is 25.6 Å². The molecule has 1 N–H and O–H groups in total. The first-order chi connectivity index (χ1) is 13.5. The monoisotopic (exact) mass is 400 g/mol. The van der Waals surface area contributed by atoms with Gasteiger partial charge in [0.15, 0.2) is 5.01 Å². The zero-order valence-corrected chi connectivity index (χ0v) is 16.9. The van der Waals surface area contributed by atoms with Gasteiger partial charge in [-0.15, -0.1) is 11.3 Å². The highest BCUT2D eigenvalue weighted by Gasteiger charge is 2.23. The number of nitrogens with one attached hydrogen (secondary N) is 1. The Hall–Kier alpha value is -2.52. The number of carbonyl (C=O) groups excluding carboxylic acids is 1. The van der Waals surface area contributed by atoms with Gasteiger partial charge >= 0.3 is 5.69 Å². The second kappa shape index (κ2) is 7.84.